The molecule has 1 aromatic carbocycles. The number of rotatable bonds is 5. The van der Waals surface area contributed by atoms with Crippen molar-refractivity contribution in [3.63, 3.8) is 0 Å². The van der Waals surface area contributed by atoms with Crippen LogP contribution in [-0.4, -0.2) is 35.3 Å². The minimum atomic E-state index is 0. The van der Waals surface area contributed by atoms with Gasteiger partial charge in [-0.15, -0.1) is 12.4 Å². The fourth-order valence-corrected chi connectivity index (χ4v) is 3.89. The molecule has 0 bridgehead atoms. The number of nitrogens with one attached hydrogen (secondary N) is 2. The minimum absolute atomic E-state index is 0. The van der Waals surface area contributed by atoms with Gasteiger partial charge >= 0.3 is 0 Å². The molecule has 148 valence electrons. The van der Waals surface area contributed by atoms with Gasteiger partial charge in [-0.3, -0.25) is 4.79 Å². The lowest BCUT2D eigenvalue weighted by Gasteiger charge is -2.22. The smallest absolute Gasteiger partial charge is 0.224 e. The third-order valence-corrected chi connectivity index (χ3v) is 5.44. The number of hydrogen-bond acceptors (Lipinski definition) is 3. The molecular formula is C19H25Cl3N4O. The predicted molar refractivity (Wildman–Crippen MR) is 113 cm³/mol. The number of aromatic nitrogens is 2. The second-order valence-corrected chi connectivity index (χ2v) is 7.69. The molecule has 1 amide bonds. The van der Waals surface area contributed by atoms with Crippen molar-refractivity contribution in [3.05, 3.63) is 45.2 Å². The Kier molecular flexibility index (Phi) is 7.98. The van der Waals surface area contributed by atoms with Crippen molar-refractivity contribution in [1.29, 1.82) is 0 Å². The lowest BCUT2D eigenvalue weighted by molar-refractivity contribution is -0.120. The molecule has 1 unspecified atom stereocenters. The quantitative estimate of drug-likeness (QED) is 0.755. The molecule has 1 saturated heterocycles. The van der Waals surface area contributed by atoms with Gasteiger partial charge < -0.3 is 10.6 Å². The zero-order valence-electron chi connectivity index (χ0n) is 15.5. The molecule has 1 aliphatic rings. The summed E-state index contributed by atoms with van der Waals surface area (Å²) in [6.07, 6.45) is 2.66. The van der Waals surface area contributed by atoms with Crippen molar-refractivity contribution in [3.8, 4) is 5.69 Å². The monoisotopic (exact) mass is 430 g/mol. The van der Waals surface area contributed by atoms with E-state index in [0.717, 1.165) is 42.3 Å². The van der Waals surface area contributed by atoms with Gasteiger partial charge in [-0.05, 0) is 63.9 Å². The number of amides is 1. The maximum Gasteiger partial charge on any atom is 0.224 e. The van der Waals surface area contributed by atoms with Crippen LogP contribution in [0.3, 0.4) is 0 Å². The molecule has 3 rings (SSSR count). The summed E-state index contributed by atoms with van der Waals surface area (Å²) in [7, 11) is 0. The van der Waals surface area contributed by atoms with Gasteiger partial charge in [-0.25, -0.2) is 4.68 Å². The van der Waals surface area contributed by atoms with E-state index in [0.29, 0.717) is 22.4 Å². The van der Waals surface area contributed by atoms with Crippen LogP contribution in [0, 0.1) is 19.8 Å². The number of benzene rings is 1. The zero-order valence-corrected chi connectivity index (χ0v) is 17.8. The fraction of sp³-hybridized carbons (Fsp3) is 0.474. The second kappa shape index (κ2) is 9.78. The second-order valence-electron chi connectivity index (χ2n) is 6.85. The van der Waals surface area contributed by atoms with Crippen molar-refractivity contribution in [2.75, 3.05) is 19.6 Å². The van der Waals surface area contributed by atoms with Crippen LogP contribution < -0.4 is 10.6 Å². The molecular weight excluding hydrogens is 407 g/mol. The van der Waals surface area contributed by atoms with Gasteiger partial charge in [0.05, 0.1) is 22.8 Å². The largest absolute Gasteiger partial charge is 0.355 e. The lowest BCUT2D eigenvalue weighted by atomic mass is 9.99. The first-order valence-corrected chi connectivity index (χ1v) is 9.69. The molecule has 1 atom stereocenters. The fourth-order valence-electron chi connectivity index (χ4n) is 3.40. The molecule has 0 aliphatic carbocycles. The number of carbonyl (C=O) groups is 1. The highest BCUT2D eigenvalue weighted by Crippen LogP contribution is 2.27. The van der Waals surface area contributed by atoms with Crippen molar-refractivity contribution < 1.29 is 4.79 Å². The van der Waals surface area contributed by atoms with Crippen LogP contribution in [0.2, 0.25) is 10.0 Å². The predicted octanol–water partition coefficient (Wildman–Crippen LogP) is 3.88. The Hall–Kier alpha value is -1.27. The molecule has 1 aliphatic heterocycles. The molecule has 5 nitrogen and oxygen atoms in total. The molecule has 0 spiro atoms. The molecule has 8 heteroatoms. The molecule has 1 aromatic heterocycles. The zero-order chi connectivity index (χ0) is 18.7. The van der Waals surface area contributed by atoms with Gasteiger partial charge in [0.2, 0.25) is 5.91 Å². The van der Waals surface area contributed by atoms with Crippen LogP contribution in [0.1, 0.15) is 29.8 Å². The Balaban J connectivity index is 0.00000261. The number of nitrogens with zero attached hydrogens (tertiary/aromatic N) is 2. The summed E-state index contributed by atoms with van der Waals surface area (Å²) >= 11 is 12.3. The molecule has 2 heterocycles. The topological polar surface area (TPSA) is 59.0 Å². The highest BCUT2D eigenvalue weighted by atomic mass is 35.5. The third kappa shape index (κ3) is 5.38. The summed E-state index contributed by atoms with van der Waals surface area (Å²) in [6.45, 7) is 6.65. The number of halogens is 3. The SMILES string of the molecule is Cc1nn(-c2ccc(Cl)cc2Cl)c(C)c1CC(=O)NCC1CCCNC1.Cl. The van der Waals surface area contributed by atoms with E-state index in [1.54, 1.807) is 16.8 Å². The Morgan fingerprint density at radius 3 is 2.81 bits per heavy atom. The first kappa shape index (κ1) is 22.0. The van der Waals surface area contributed by atoms with Crippen molar-refractivity contribution in [1.82, 2.24) is 20.4 Å². The first-order chi connectivity index (χ1) is 12.5. The number of aryl methyl sites for hydroxylation is 1. The Bertz CT molecular complexity index is 800. The van der Waals surface area contributed by atoms with Crippen molar-refractivity contribution in [2.24, 2.45) is 5.92 Å². The van der Waals surface area contributed by atoms with Crippen LogP contribution >= 0.6 is 35.6 Å². The molecule has 1 fully saturated rings. The molecule has 0 radical (unpaired) electrons. The van der Waals surface area contributed by atoms with Crippen molar-refractivity contribution in [2.45, 2.75) is 33.1 Å². The third-order valence-electron chi connectivity index (χ3n) is 4.90. The summed E-state index contributed by atoms with van der Waals surface area (Å²) in [6, 6.07) is 5.31. The Morgan fingerprint density at radius 2 is 2.15 bits per heavy atom. The van der Waals surface area contributed by atoms with E-state index in [1.807, 2.05) is 19.9 Å². The maximum atomic E-state index is 12.4. The van der Waals surface area contributed by atoms with Gasteiger partial charge in [0.15, 0.2) is 0 Å². The van der Waals surface area contributed by atoms with Crippen LogP contribution in [0.4, 0.5) is 0 Å². The normalized spacial score (nSPS) is 16.7. The number of hydrogen-bond donors (Lipinski definition) is 2. The Labute approximate surface area is 176 Å². The van der Waals surface area contributed by atoms with Crippen LogP contribution in [0.25, 0.3) is 5.69 Å². The number of piperidine rings is 1. The van der Waals surface area contributed by atoms with E-state index in [-0.39, 0.29) is 18.3 Å². The highest BCUT2D eigenvalue weighted by molar-refractivity contribution is 6.35. The number of carbonyl (C=O) groups excluding carboxylic acids is 1. The van der Waals surface area contributed by atoms with Crippen molar-refractivity contribution >= 4 is 41.5 Å². The summed E-state index contributed by atoms with van der Waals surface area (Å²) < 4.78 is 1.78. The summed E-state index contributed by atoms with van der Waals surface area (Å²) in [4.78, 5) is 12.4. The van der Waals surface area contributed by atoms with E-state index in [1.165, 1.54) is 12.8 Å². The highest BCUT2D eigenvalue weighted by Gasteiger charge is 2.19. The van der Waals surface area contributed by atoms with Gasteiger partial charge in [0.1, 0.15) is 0 Å². The molecule has 2 aromatic rings. The molecule has 2 N–H and O–H groups in total. The average Bonchev–Trinajstić information content (AvgIpc) is 2.89. The van der Waals surface area contributed by atoms with E-state index < -0.39 is 0 Å². The van der Waals surface area contributed by atoms with Gasteiger partial charge in [0.25, 0.3) is 0 Å². The van der Waals surface area contributed by atoms with Gasteiger partial charge in [-0.2, -0.15) is 5.10 Å². The lowest BCUT2D eigenvalue weighted by Crippen LogP contribution is -2.38. The van der Waals surface area contributed by atoms with Crippen LogP contribution in [-0.2, 0) is 11.2 Å². The van der Waals surface area contributed by atoms with E-state index in [9.17, 15) is 4.79 Å². The maximum absolute atomic E-state index is 12.4. The van der Waals surface area contributed by atoms with Gasteiger partial charge in [0, 0.05) is 22.8 Å². The van der Waals surface area contributed by atoms with Crippen LogP contribution in [0.15, 0.2) is 18.2 Å². The van der Waals surface area contributed by atoms with Crippen LogP contribution in [0.5, 0.6) is 0 Å². The Morgan fingerprint density at radius 1 is 1.37 bits per heavy atom. The standard InChI is InChI=1S/C19H24Cl2N4O.ClH/c1-12-16(9-19(26)23-11-14-4-3-7-22-10-14)13(2)25(24-12)18-6-5-15(20)8-17(18)21;/h5-6,8,14,22H,3-4,7,9-11H2,1-2H3,(H,23,26);1H. The minimum Gasteiger partial charge on any atom is -0.355 e. The van der Waals surface area contributed by atoms with Gasteiger partial charge in [-0.1, -0.05) is 23.2 Å². The summed E-state index contributed by atoms with van der Waals surface area (Å²) in [5, 5.41) is 12.1. The van der Waals surface area contributed by atoms with E-state index in [2.05, 4.69) is 15.7 Å². The molecule has 0 saturated carbocycles. The van der Waals surface area contributed by atoms with E-state index in [4.69, 9.17) is 23.2 Å². The first-order valence-electron chi connectivity index (χ1n) is 8.93. The molecule has 27 heavy (non-hydrogen) atoms. The average molecular weight is 432 g/mol. The summed E-state index contributed by atoms with van der Waals surface area (Å²) in [5.74, 6) is 0.550. The van der Waals surface area contributed by atoms with E-state index >= 15 is 0 Å². The summed E-state index contributed by atoms with van der Waals surface area (Å²) in [5.41, 5.74) is 3.45.